The van der Waals surface area contributed by atoms with E-state index in [1.807, 2.05) is 32.0 Å². The molecule has 0 aromatic heterocycles. The fourth-order valence-electron chi connectivity index (χ4n) is 2.18. The second-order valence-corrected chi connectivity index (χ2v) is 4.22. The molecule has 0 saturated heterocycles. The Morgan fingerprint density at radius 2 is 2.20 bits per heavy atom. The van der Waals surface area contributed by atoms with Crippen LogP contribution in [0.2, 0.25) is 0 Å². The predicted octanol–water partition coefficient (Wildman–Crippen LogP) is 2.57. The van der Waals surface area contributed by atoms with E-state index in [4.69, 9.17) is 4.74 Å². The van der Waals surface area contributed by atoms with Crippen molar-refractivity contribution in [1.29, 1.82) is 0 Å². The van der Waals surface area contributed by atoms with Crippen LogP contribution in [0.5, 0.6) is 5.75 Å². The van der Waals surface area contributed by atoms with E-state index in [0.717, 1.165) is 12.2 Å². The third-order valence-electron chi connectivity index (χ3n) is 3.08. The van der Waals surface area contributed by atoms with E-state index in [0.29, 0.717) is 18.4 Å². The molecule has 2 rings (SSSR count). The Labute approximate surface area is 90.9 Å². The van der Waals surface area contributed by atoms with Crippen molar-refractivity contribution in [2.24, 2.45) is 5.92 Å². The third-order valence-corrected chi connectivity index (χ3v) is 3.08. The van der Waals surface area contributed by atoms with Crippen LogP contribution < -0.4 is 4.74 Å². The van der Waals surface area contributed by atoms with Crippen molar-refractivity contribution in [3.05, 3.63) is 29.8 Å². The molecule has 15 heavy (non-hydrogen) atoms. The molecule has 1 aliphatic carbocycles. The number of hydrogen-bond acceptors (Lipinski definition) is 2. The Balaban J connectivity index is 2.15. The molecule has 1 aromatic rings. The summed E-state index contributed by atoms with van der Waals surface area (Å²) >= 11 is 0. The zero-order chi connectivity index (χ0) is 10.8. The van der Waals surface area contributed by atoms with E-state index >= 15 is 0 Å². The molecule has 0 unspecified atom stereocenters. The molecular weight excluding hydrogens is 188 g/mol. The number of para-hydroxylation sites is 1. The Kier molecular flexibility index (Phi) is 2.96. The van der Waals surface area contributed by atoms with Gasteiger partial charge in [0.1, 0.15) is 5.75 Å². The fraction of sp³-hybridized carbons (Fsp3) is 0.538. The van der Waals surface area contributed by atoms with E-state index in [1.165, 1.54) is 5.56 Å². The van der Waals surface area contributed by atoms with Gasteiger partial charge in [-0.15, -0.1) is 0 Å². The van der Waals surface area contributed by atoms with Crippen LogP contribution in [0.4, 0.5) is 0 Å². The molecule has 82 valence electrons. The maximum atomic E-state index is 9.50. The normalized spacial score (nSPS) is 26.1. The Morgan fingerprint density at radius 1 is 1.47 bits per heavy atom. The van der Waals surface area contributed by atoms with Crippen LogP contribution in [-0.2, 0) is 0 Å². The average molecular weight is 206 g/mol. The van der Waals surface area contributed by atoms with E-state index in [9.17, 15) is 5.11 Å². The highest BCUT2D eigenvalue weighted by Gasteiger charge is 2.42. The summed E-state index contributed by atoms with van der Waals surface area (Å²) in [6.45, 7) is 4.56. The zero-order valence-corrected chi connectivity index (χ0v) is 9.31. The lowest BCUT2D eigenvalue weighted by molar-refractivity contribution is 0.168. The average Bonchev–Trinajstić information content (AvgIpc) is 2.99. The molecule has 0 heterocycles. The minimum atomic E-state index is -0.204. The van der Waals surface area contributed by atoms with Crippen molar-refractivity contribution < 1.29 is 9.84 Å². The molecule has 1 N–H and O–H groups in total. The molecule has 2 heteroatoms. The molecule has 1 fully saturated rings. The standard InChI is InChI=1S/C13H18O2/c1-3-15-13-7-5-4-6-10(13)12-8-11(12)9(2)14/h4-7,9,11-12,14H,3,8H2,1-2H3/t9-,11+,12-/m1/s1. The Bertz CT molecular complexity index is 333. The van der Waals surface area contributed by atoms with Crippen molar-refractivity contribution >= 4 is 0 Å². The van der Waals surface area contributed by atoms with Gasteiger partial charge in [0, 0.05) is 0 Å². The maximum absolute atomic E-state index is 9.50. The van der Waals surface area contributed by atoms with E-state index in [-0.39, 0.29) is 6.10 Å². The number of rotatable bonds is 4. The molecule has 0 aliphatic heterocycles. The molecule has 0 spiro atoms. The topological polar surface area (TPSA) is 29.5 Å². The van der Waals surface area contributed by atoms with Gasteiger partial charge in [0.05, 0.1) is 12.7 Å². The van der Waals surface area contributed by atoms with Crippen molar-refractivity contribution in [3.63, 3.8) is 0 Å². The van der Waals surface area contributed by atoms with Crippen LogP contribution >= 0.6 is 0 Å². The number of benzene rings is 1. The van der Waals surface area contributed by atoms with Crippen molar-refractivity contribution in [2.45, 2.75) is 32.3 Å². The Hall–Kier alpha value is -1.02. The quantitative estimate of drug-likeness (QED) is 0.820. The lowest BCUT2D eigenvalue weighted by Crippen LogP contribution is -2.04. The number of ether oxygens (including phenoxy) is 1. The molecule has 1 aliphatic rings. The van der Waals surface area contributed by atoms with Crippen LogP contribution in [0.15, 0.2) is 24.3 Å². The summed E-state index contributed by atoms with van der Waals surface area (Å²) < 4.78 is 5.58. The smallest absolute Gasteiger partial charge is 0.122 e. The van der Waals surface area contributed by atoms with Crippen molar-refractivity contribution in [3.8, 4) is 5.75 Å². The minimum Gasteiger partial charge on any atom is -0.494 e. The summed E-state index contributed by atoms with van der Waals surface area (Å²) in [5.74, 6) is 1.90. The van der Waals surface area contributed by atoms with Gasteiger partial charge >= 0.3 is 0 Å². The minimum absolute atomic E-state index is 0.204. The van der Waals surface area contributed by atoms with Gasteiger partial charge < -0.3 is 9.84 Å². The fourth-order valence-corrected chi connectivity index (χ4v) is 2.18. The largest absolute Gasteiger partial charge is 0.494 e. The molecule has 0 amide bonds. The molecular formula is C13H18O2. The molecule has 0 radical (unpaired) electrons. The summed E-state index contributed by atoms with van der Waals surface area (Å²) in [4.78, 5) is 0. The number of hydrogen-bond donors (Lipinski definition) is 1. The van der Waals surface area contributed by atoms with Gasteiger partial charge in [0.25, 0.3) is 0 Å². The highest BCUT2D eigenvalue weighted by molar-refractivity contribution is 5.39. The van der Waals surface area contributed by atoms with Gasteiger partial charge in [-0.25, -0.2) is 0 Å². The number of aliphatic hydroxyl groups excluding tert-OH is 1. The maximum Gasteiger partial charge on any atom is 0.122 e. The van der Waals surface area contributed by atoms with Crippen molar-refractivity contribution in [2.75, 3.05) is 6.61 Å². The SMILES string of the molecule is CCOc1ccccc1[C@H]1C[C@H]1[C@@H](C)O. The molecule has 3 atom stereocenters. The predicted molar refractivity (Wildman–Crippen MR) is 60.1 cm³/mol. The Morgan fingerprint density at radius 3 is 2.80 bits per heavy atom. The zero-order valence-electron chi connectivity index (χ0n) is 9.31. The van der Waals surface area contributed by atoms with Crippen LogP contribution in [0, 0.1) is 5.92 Å². The second kappa shape index (κ2) is 4.23. The van der Waals surface area contributed by atoms with Gasteiger partial charge in [-0.2, -0.15) is 0 Å². The third kappa shape index (κ3) is 2.15. The molecule has 2 nitrogen and oxygen atoms in total. The number of aliphatic hydroxyl groups is 1. The first kappa shape index (κ1) is 10.5. The lowest BCUT2D eigenvalue weighted by atomic mass is 10.1. The first-order valence-corrected chi connectivity index (χ1v) is 5.63. The van der Waals surface area contributed by atoms with E-state index < -0.39 is 0 Å². The summed E-state index contributed by atoms with van der Waals surface area (Å²) in [7, 11) is 0. The van der Waals surface area contributed by atoms with Gasteiger partial charge in [-0.3, -0.25) is 0 Å². The van der Waals surface area contributed by atoms with Gasteiger partial charge in [0.2, 0.25) is 0 Å². The van der Waals surface area contributed by atoms with Crippen LogP contribution in [0.1, 0.15) is 31.7 Å². The summed E-state index contributed by atoms with van der Waals surface area (Å²) in [6, 6.07) is 8.15. The van der Waals surface area contributed by atoms with Crippen LogP contribution in [0.3, 0.4) is 0 Å². The molecule has 1 aromatic carbocycles. The van der Waals surface area contributed by atoms with Gasteiger partial charge in [-0.05, 0) is 43.7 Å². The highest BCUT2D eigenvalue weighted by atomic mass is 16.5. The van der Waals surface area contributed by atoms with Gasteiger partial charge in [0.15, 0.2) is 0 Å². The monoisotopic (exact) mass is 206 g/mol. The summed E-state index contributed by atoms with van der Waals surface area (Å²) in [5, 5.41) is 9.50. The van der Waals surface area contributed by atoms with Crippen molar-refractivity contribution in [1.82, 2.24) is 0 Å². The van der Waals surface area contributed by atoms with E-state index in [2.05, 4.69) is 6.07 Å². The second-order valence-electron chi connectivity index (χ2n) is 4.22. The summed E-state index contributed by atoms with van der Waals surface area (Å²) in [6.07, 6.45) is 0.881. The summed E-state index contributed by atoms with van der Waals surface area (Å²) in [5.41, 5.74) is 1.25. The highest BCUT2D eigenvalue weighted by Crippen LogP contribution is 2.51. The first-order valence-electron chi connectivity index (χ1n) is 5.63. The van der Waals surface area contributed by atoms with Crippen LogP contribution in [-0.4, -0.2) is 17.8 Å². The van der Waals surface area contributed by atoms with Crippen LogP contribution in [0.25, 0.3) is 0 Å². The first-order chi connectivity index (χ1) is 7.24. The molecule has 0 bridgehead atoms. The molecule has 1 saturated carbocycles. The lowest BCUT2D eigenvalue weighted by Gasteiger charge is -2.10. The van der Waals surface area contributed by atoms with E-state index in [1.54, 1.807) is 0 Å². The van der Waals surface area contributed by atoms with Gasteiger partial charge in [-0.1, -0.05) is 18.2 Å².